The van der Waals surface area contributed by atoms with Gasteiger partial charge in [-0.25, -0.2) is 16.8 Å². The van der Waals surface area contributed by atoms with Crippen molar-refractivity contribution in [3.63, 3.8) is 0 Å². The summed E-state index contributed by atoms with van der Waals surface area (Å²) < 4.78 is 57.9. The molecule has 1 amide bonds. The highest BCUT2D eigenvalue weighted by Gasteiger charge is 2.30. The van der Waals surface area contributed by atoms with Gasteiger partial charge in [0, 0.05) is 32.0 Å². The fourth-order valence-corrected chi connectivity index (χ4v) is 6.00. The molecular formula is C26H26N4O7S2. The number of rotatable bonds is 8. The van der Waals surface area contributed by atoms with Crippen molar-refractivity contribution in [2.75, 3.05) is 23.6 Å². The van der Waals surface area contributed by atoms with Crippen LogP contribution >= 0.6 is 0 Å². The lowest BCUT2D eigenvalue weighted by Gasteiger charge is -2.21. The Bertz CT molecular complexity index is 1770. The summed E-state index contributed by atoms with van der Waals surface area (Å²) in [5.41, 5.74) is 0.634. The maximum atomic E-state index is 13.6. The van der Waals surface area contributed by atoms with Gasteiger partial charge in [0.05, 0.1) is 22.7 Å². The van der Waals surface area contributed by atoms with Gasteiger partial charge in [-0.1, -0.05) is 23.6 Å². The third-order valence-corrected chi connectivity index (χ3v) is 8.72. The van der Waals surface area contributed by atoms with Gasteiger partial charge in [-0.15, -0.1) is 0 Å². The molecule has 0 spiro atoms. The van der Waals surface area contributed by atoms with Crippen LogP contribution in [0.1, 0.15) is 16.7 Å². The fourth-order valence-electron chi connectivity index (χ4n) is 3.46. The molecule has 204 valence electrons. The number of likely N-dealkylation sites (N-methyl/N-ethyl adjacent to an activating group) is 1. The number of aldehydes is 1. The molecule has 3 rings (SSSR count). The first-order chi connectivity index (χ1) is 18.2. The Hall–Kier alpha value is -4.25. The Morgan fingerprint density at radius 2 is 1.69 bits per heavy atom. The van der Waals surface area contributed by atoms with E-state index >= 15 is 0 Å². The van der Waals surface area contributed by atoms with E-state index in [9.17, 15) is 31.2 Å². The molecule has 0 saturated carbocycles. The largest absolute Gasteiger partial charge is 0.325 e. The maximum absolute atomic E-state index is 13.6. The SMILES string of the molecule is Cc1ccc(S(=O)(=O)Nc2c(C#CC=O)cc(C)cc2S(=O)(=O)N(C)CC(=O)Nc2ccn(C)c(=O)c2)cc1. The Morgan fingerprint density at radius 1 is 1.03 bits per heavy atom. The Labute approximate surface area is 226 Å². The summed E-state index contributed by atoms with van der Waals surface area (Å²) in [4.78, 5) is 34.7. The lowest BCUT2D eigenvalue weighted by Crippen LogP contribution is -2.35. The molecule has 0 radical (unpaired) electrons. The van der Waals surface area contributed by atoms with Crippen LogP contribution in [0.15, 0.2) is 69.3 Å². The van der Waals surface area contributed by atoms with E-state index < -0.39 is 37.4 Å². The molecule has 11 nitrogen and oxygen atoms in total. The molecule has 0 aliphatic carbocycles. The Balaban J connectivity index is 2.03. The van der Waals surface area contributed by atoms with Crippen LogP contribution in [-0.2, 0) is 36.7 Å². The summed E-state index contributed by atoms with van der Waals surface area (Å²) in [6, 6.07) is 11.2. The molecule has 0 atom stereocenters. The predicted molar refractivity (Wildman–Crippen MR) is 146 cm³/mol. The van der Waals surface area contributed by atoms with Crippen molar-refractivity contribution in [2.45, 2.75) is 23.6 Å². The number of hydrogen-bond acceptors (Lipinski definition) is 7. The summed E-state index contributed by atoms with van der Waals surface area (Å²) in [7, 11) is -6.06. The molecule has 0 fully saturated rings. The van der Waals surface area contributed by atoms with E-state index in [0.29, 0.717) is 11.8 Å². The number of hydrogen-bond donors (Lipinski definition) is 2. The van der Waals surface area contributed by atoms with E-state index in [1.165, 1.54) is 54.2 Å². The zero-order chi connectivity index (χ0) is 29.0. The van der Waals surface area contributed by atoms with Crippen LogP contribution < -0.4 is 15.6 Å². The van der Waals surface area contributed by atoms with Gasteiger partial charge in [0.25, 0.3) is 15.6 Å². The van der Waals surface area contributed by atoms with E-state index in [-0.39, 0.29) is 27.4 Å². The maximum Gasteiger partial charge on any atom is 0.261 e. The lowest BCUT2D eigenvalue weighted by molar-refractivity contribution is -0.116. The summed E-state index contributed by atoms with van der Waals surface area (Å²) in [6.07, 6.45) is 1.74. The van der Waals surface area contributed by atoms with Crippen molar-refractivity contribution in [1.82, 2.24) is 8.87 Å². The minimum absolute atomic E-state index is 0.0469. The van der Waals surface area contributed by atoms with Crippen LogP contribution in [-0.4, -0.2) is 51.5 Å². The van der Waals surface area contributed by atoms with Crippen molar-refractivity contribution in [2.24, 2.45) is 7.05 Å². The lowest BCUT2D eigenvalue weighted by atomic mass is 10.1. The van der Waals surface area contributed by atoms with Crippen LogP contribution in [0.25, 0.3) is 0 Å². The average Bonchev–Trinajstić information content (AvgIpc) is 2.86. The van der Waals surface area contributed by atoms with E-state index in [0.717, 1.165) is 16.9 Å². The van der Waals surface area contributed by atoms with Gasteiger partial charge in [0.15, 0.2) is 6.29 Å². The number of pyridine rings is 1. The summed E-state index contributed by atoms with van der Waals surface area (Å²) in [5, 5.41) is 2.46. The van der Waals surface area contributed by atoms with Crippen molar-refractivity contribution in [3.8, 4) is 11.8 Å². The molecule has 1 aromatic heterocycles. The quantitative estimate of drug-likeness (QED) is 0.308. The summed E-state index contributed by atoms with van der Waals surface area (Å²) in [5.74, 6) is 3.93. The van der Waals surface area contributed by atoms with Gasteiger partial charge in [-0.2, -0.15) is 4.31 Å². The number of nitrogens with zero attached hydrogens (tertiary/aromatic N) is 2. The van der Waals surface area contributed by atoms with Gasteiger partial charge in [0.2, 0.25) is 15.9 Å². The zero-order valence-corrected chi connectivity index (χ0v) is 23.2. The Kier molecular flexibility index (Phi) is 8.75. The van der Waals surface area contributed by atoms with Crippen LogP contribution in [0, 0.1) is 25.7 Å². The monoisotopic (exact) mass is 570 g/mol. The summed E-state index contributed by atoms with van der Waals surface area (Å²) in [6.45, 7) is 2.71. The fraction of sp³-hybridized carbons (Fsp3) is 0.192. The van der Waals surface area contributed by atoms with Gasteiger partial charge in [-0.05, 0) is 55.7 Å². The number of carbonyl (C=O) groups is 2. The normalized spacial score (nSPS) is 11.4. The molecule has 0 bridgehead atoms. The second-order valence-corrected chi connectivity index (χ2v) is 12.4. The number of aryl methyl sites for hydroxylation is 3. The first-order valence-electron chi connectivity index (χ1n) is 11.4. The third-order valence-electron chi connectivity index (χ3n) is 5.52. The van der Waals surface area contributed by atoms with E-state index in [1.54, 1.807) is 26.0 Å². The number of benzene rings is 2. The van der Waals surface area contributed by atoms with Crippen LogP contribution in [0.3, 0.4) is 0 Å². The van der Waals surface area contributed by atoms with E-state index in [1.807, 2.05) is 0 Å². The highest BCUT2D eigenvalue weighted by Crippen LogP contribution is 2.31. The molecule has 0 aliphatic rings. The molecule has 0 aliphatic heterocycles. The number of nitrogens with one attached hydrogen (secondary N) is 2. The number of sulfonamides is 2. The van der Waals surface area contributed by atoms with Gasteiger partial charge >= 0.3 is 0 Å². The third kappa shape index (κ3) is 6.99. The summed E-state index contributed by atoms with van der Waals surface area (Å²) >= 11 is 0. The minimum Gasteiger partial charge on any atom is -0.325 e. The van der Waals surface area contributed by atoms with Gasteiger partial charge in [0.1, 0.15) is 4.90 Å². The smallest absolute Gasteiger partial charge is 0.261 e. The molecule has 39 heavy (non-hydrogen) atoms. The zero-order valence-electron chi connectivity index (χ0n) is 21.5. The van der Waals surface area contributed by atoms with Crippen LogP contribution in [0.5, 0.6) is 0 Å². The predicted octanol–water partition coefficient (Wildman–Crippen LogP) is 1.61. The van der Waals surface area contributed by atoms with Gasteiger partial charge in [-0.3, -0.25) is 19.1 Å². The Morgan fingerprint density at radius 3 is 2.31 bits per heavy atom. The second-order valence-electron chi connectivity index (χ2n) is 8.67. The number of amides is 1. The molecule has 3 aromatic rings. The molecule has 0 unspecified atom stereocenters. The van der Waals surface area contributed by atoms with Crippen molar-refractivity contribution in [1.29, 1.82) is 0 Å². The molecular weight excluding hydrogens is 544 g/mol. The number of aromatic nitrogens is 1. The van der Waals surface area contributed by atoms with Crippen molar-refractivity contribution < 1.29 is 26.4 Å². The second kappa shape index (κ2) is 11.6. The standard InChI is InChI=1S/C26H26N4O7S2/c1-18-7-9-22(10-8-18)38(34,35)28-26-20(6-5-13-31)14-19(2)15-23(26)39(36,37)30(4)17-24(32)27-21-11-12-29(3)25(33)16-21/h7-16,28H,17H2,1-4H3,(H,27,32). The van der Waals surface area contributed by atoms with Crippen LogP contribution in [0.4, 0.5) is 11.4 Å². The van der Waals surface area contributed by atoms with E-state index in [4.69, 9.17) is 0 Å². The highest BCUT2D eigenvalue weighted by molar-refractivity contribution is 7.93. The molecule has 2 aromatic carbocycles. The van der Waals surface area contributed by atoms with Crippen LogP contribution in [0.2, 0.25) is 0 Å². The molecule has 1 heterocycles. The number of anilines is 2. The molecule has 2 N–H and O–H groups in total. The van der Waals surface area contributed by atoms with Gasteiger partial charge < -0.3 is 9.88 Å². The molecule has 13 heteroatoms. The molecule has 0 saturated heterocycles. The highest BCUT2D eigenvalue weighted by atomic mass is 32.2. The first-order valence-corrected chi connectivity index (χ1v) is 14.3. The minimum atomic E-state index is -4.48. The van der Waals surface area contributed by atoms with Crippen molar-refractivity contribution in [3.05, 3.63) is 81.8 Å². The number of carbonyl (C=O) groups excluding carboxylic acids is 2. The van der Waals surface area contributed by atoms with E-state index in [2.05, 4.69) is 21.9 Å². The van der Waals surface area contributed by atoms with Crippen molar-refractivity contribution >= 4 is 43.6 Å². The average molecular weight is 571 g/mol. The topological polar surface area (TPSA) is 152 Å². The first kappa shape index (κ1) is 29.3.